The van der Waals surface area contributed by atoms with Gasteiger partial charge in [-0.1, -0.05) is 164 Å². The molecule has 0 N–H and O–H groups in total. The summed E-state index contributed by atoms with van der Waals surface area (Å²) in [5.74, 6) is 3.29. The van der Waals surface area contributed by atoms with Crippen LogP contribution in [0.15, 0.2) is 186 Å². The van der Waals surface area contributed by atoms with Crippen molar-refractivity contribution in [2.45, 2.75) is 0 Å². The van der Waals surface area contributed by atoms with Gasteiger partial charge in [0.25, 0.3) is 0 Å². The standard InChI is InChI=1S/C48H30N6O/c1-4-16-31(17-5-1)43-49-44(32-18-6-2-7-19-32)51-47(50-43)39-25-12-13-26-40(39)48-53-45(33-20-8-3-9-21-33)52-46(54-48)38-24-11-10-22-35(38)34-28-29-37-36-23-14-15-27-41(36)55-42(37)30-34/h1-30H. The highest BCUT2D eigenvalue weighted by Gasteiger charge is 2.20. The average Bonchev–Trinajstić information content (AvgIpc) is 3.65. The number of hydrogen-bond donors (Lipinski definition) is 0. The summed E-state index contributed by atoms with van der Waals surface area (Å²) >= 11 is 0. The maximum Gasteiger partial charge on any atom is 0.164 e. The third-order valence-corrected chi connectivity index (χ3v) is 9.63. The van der Waals surface area contributed by atoms with E-state index in [2.05, 4.69) is 36.4 Å². The Bertz CT molecular complexity index is 2920. The van der Waals surface area contributed by atoms with E-state index in [4.69, 9.17) is 34.3 Å². The molecular weight excluding hydrogens is 677 g/mol. The second-order valence-electron chi connectivity index (χ2n) is 13.1. The van der Waals surface area contributed by atoms with Crippen LogP contribution in [0.2, 0.25) is 0 Å². The van der Waals surface area contributed by atoms with E-state index >= 15 is 0 Å². The second-order valence-corrected chi connectivity index (χ2v) is 13.1. The molecule has 0 saturated carbocycles. The van der Waals surface area contributed by atoms with E-state index in [9.17, 15) is 0 Å². The lowest BCUT2D eigenvalue weighted by Crippen LogP contribution is -2.04. The van der Waals surface area contributed by atoms with E-state index in [1.807, 2.05) is 146 Å². The van der Waals surface area contributed by atoms with Crippen molar-refractivity contribution in [3.63, 3.8) is 0 Å². The molecule has 0 atom stereocenters. The summed E-state index contributed by atoms with van der Waals surface area (Å²) in [4.78, 5) is 30.4. The van der Waals surface area contributed by atoms with E-state index in [-0.39, 0.29) is 0 Å². The quantitative estimate of drug-likeness (QED) is 0.163. The lowest BCUT2D eigenvalue weighted by molar-refractivity contribution is 0.669. The molecule has 0 spiro atoms. The van der Waals surface area contributed by atoms with Gasteiger partial charge in [-0.05, 0) is 29.3 Å². The molecule has 3 aromatic heterocycles. The molecular formula is C48H30N6O. The minimum Gasteiger partial charge on any atom is -0.456 e. The predicted octanol–water partition coefficient (Wildman–Crippen LogP) is 11.6. The van der Waals surface area contributed by atoms with Crippen molar-refractivity contribution >= 4 is 21.9 Å². The minimum atomic E-state index is 0.505. The SMILES string of the molecule is c1ccc(-c2nc(-c3ccccc3)nc(-c3ccccc3-c3nc(-c4ccccc4)nc(-c4ccccc4-c4ccc5c(c4)oc4ccccc45)n3)n2)cc1. The molecule has 0 unspecified atom stereocenters. The van der Waals surface area contributed by atoms with Gasteiger partial charge in [0, 0.05) is 44.2 Å². The molecule has 7 nitrogen and oxygen atoms in total. The van der Waals surface area contributed by atoms with Crippen LogP contribution in [0, 0.1) is 0 Å². The Labute approximate surface area is 316 Å². The number of rotatable bonds is 7. The van der Waals surface area contributed by atoms with Crippen LogP contribution in [0.4, 0.5) is 0 Å². The van der Waals surface area contributed by atoms with Crippen LogP contribution in [0.1, 0.15) is 0 Å². The van der Waals surface area contributed by atoms with Crippen LogP contribution in [-0.2, 0) is 0 Å². The molecule has 0 aliphatic heterocycles. The van der Waals surface area contributed by atoms with Gasteiger partial charge in [-0.15, -0.1) is 0 Å². The molecule has 0 bridgehead atoms. The molecule has 0 saturated heterocycles. The fourth-order valence-corrected chi connectivity index (χ4v) is 6.96. The monoisotopic (exact) mass is 706 g/mol. The maximum atomic E-state index is 6.28. The van der Waals surface area contributed by atoms with Crippen molar-refractivity contribution in [2.24, 2.45) is 0 Å². The van der Waals surface area contributed by atoms with Crippen molar-refractivity contribution in [1.82, 2.24) is 29.9 Å². The first kappa shape index (κ1) is 32.0. The van der Waals surface area contributed by atoms with Crippen molar-refractivity contribution < 1.29 is 4.42 Å². The molecule has 55 heavy (non-hydrogen) atoms. The first-order valence-corrected chi connectivity index (χ1v) is 18.0. The summed E-state index contributed by atoms with van der Waals surface area (Å²) in [7, 11) is 0. The van der Waals surface area contributed by atoms with Gasteiger partial charge in [0.1, 0.15) is 11.2 Å². The molecule has 3 heterocycles. The van der Waals surface area contributed by atoms with Crippen LogP contribution in [0.3, 0.4) is 0 Å². The Balaban J connectivity index is 1.16. The average molecular weight is 707 g/mol. The molecule has 0 fully saturated rings. The Morgan fingerprint density at radius 1 is 0.255 bits per heavy atom. The summed E-state index contributed by atoms with van der Waals surface area (Å²) < 4.78 is 6.28. The van der Waals surface area contributed by atoms with Gasteiger partial charge >= 0.3 is 0 Å². The normalized spacial score (nSPS) is 11.3. The second kappa shape index (κ2) is 13.7. The molecule has 0 radical (unpaired) electrons. The van der Waals surface area contributed by atoms with Crippen LogP contribution in [0.25, 0.3) is 101 Å². The summed E-state index contributed by atoms with van der Waals surface area (Å²) in [6.45, 7) is 0. The van der Waals surface area contributed by atoms with Gasteiger partial charge in [-0.3, -0.25) is 0 Å². The van der Waals surface area contributed by atoms with Gasteiger partial charge in [-0.2, -0.15) is 0 Å². The largest absolute Gasteiger partial charge is 0.456 e. The topological polar surface area (TPSA) is 90.5 Å². The van der Waals surface area contributed by atoms with Crippen LogP contribution in [0.5, 0.6) is 0 Å². The molecule has 10 aromatic rings. The number of benzene rings is 7. The predicted molar refractivity (Wildman–Crippen MR) is 219 cm³/mol. The molecule has 7 heteroatoms. The summed E-state index contributed by atoms with van der Waals surface area (Å²) in [5.41, 5.74) is 8.75. The molecule has 10 rings (SSSR count). The fraction of sp³-hybridized carbons (Fsp3) is 0. The first-order valence-electron chi connectivity index (χ1n) is 18.0. The highest BCUT2D eigenvalue weighted by atomic mass is 16.3. The fourth-order valence-electron chi connectivity index (χ4n) is 6.96. The Kier molecular flexibility index (Phi) is 8.00. The Hall–Kier alpha value is -7.64. The Morgan fingerprint density at radius 2 is 0.618 bits per heavy atom. The number of fused-ring (bicyclic) bond motifs is 3. The zero-order chi connectivity index (χ0) is 36.6. The van der Waals surface area contributed by atoms with Crippen molar-refractivity contribution in [2.75, 3.05) is 0 Å². The zero-order valence-electron chi connectivity index (χ0n) is 29.4. The number of nitrogens with zero attached hydrogens (tertiary/aromatic N) is 6. The number of para-hydroxylation sites is 1. The summed E-state index contributed by atoms with van der Waals surface area (Å²) in [6, 6.07) is 60.6. The van der Waals surface area contributed by atoms with Crippen LogP contribution < -0.4 is 0 Å². The van der Waals surface area contributed by atoms with Gasteiger partial charge < -0.3 is 4.42 Å². The van der Waals surface area contributed by atoms with E-state index < -0.39 is 0 Å². The highest BCUT2D eigenvalue weighted by molar-refractivity contribution is 6.06. The summed E-state index contributed by atoms with van der Waals surface area (Å²) in [5, 5.41) is 2.17. The Morgan fingerprint density at radius 3 is 1.13 bits per heavy atom. The number of furan rings is 1. The lowest BCUT2D eigenvalue weighted by Gasteiger charge is -2.14. The first-order chi connectivity index (χ1) is 27.2. The van der Waals surface area contributed by atoms with Crippen LogP contribution in [-0.4, -0.2) is 29.9 Å². The molecule has 0 aliphatic rings. The summed E-state index contributed by atoms with van der Waals surface area (Å²) in [6.07, 6.45) is 0. The van der Waals surface area contributed by atoms with E-state index in [0.29, 0.717) is 34.9 Å². The van der Waals surface area contributed by atoms with Gasteiger partial charge in [-0.25, -0.2) is 29.9 Å². The number of hydrogen-bond acceptors (Lipinski definition) is 7. The van der Waals surface area contributed by atoms with E-state index in [1.54, 1.807) is 0 Å². The van der Waals surface area contributed by atoms with Crippen molar-refractivity contribution in [3.05, 3.63) is 182 Å². The molecule has 7 aromatic carbocycles. The van der Waals surface area contributed by atoms with Crippen molar-refractivity contribution in [3.8, 4) is 79.5 Å². The van der Waals surface area contributed by atoms with E-state index in [1.165, 1.54) is 0 Å². The third-order valence-electron chi connectivity index (χ3n) is 9.63. The lowest BCUT2D eigenvalue weighted by atomic mass is 9.98. The zero-order valence-corrected chi connectivity index (χ0v) is 29.4. The maximum absolute atomic E-state index is 6.28. The molecule has 0 aliphatic carbocycles. The van der Waals surface area contributed by atoms with Gasteiger partial charge in [0.2, 0.25) is 0 Å². The minimum absolute atomic E-state index is 0.505. The molecule has 258 valence electrons. The van der Waals surface area contributed by atoms with Gasteiger partial charge in [0.05, 0.1) is 0 Å². The number of aromatic nitrogens is 6. The third kappa shape index (κ3) is 6.09. The smallest absolute Gasteiger partial charge is 0.164 e. The van der Waals surface area contributed by atoms with Crippen LogP contribution >= 0.6 is 0 Å². The highest BCUT2D eigenvalue weighted by Crippen LogP contribution is 2.38. The van der Waals surface area contributed by atoms with Crippen molar-refractivity contribution in [1.29, 1.82) is 0 Å². The van der Waals surface area contributed by atoms with Gasteiger partial charge in [0.15, 0.2) is 34.9 Å². The molecule has 0 amide bonds. The van der Waals surface area contributed by atoms with E-state index in [0.717, 1.165) is 66.4 Å².